The van der Waals surface area contributed by atoms with Gasteiger partial charge in [0.25, 0.3) is 0 Å². The van der Waals surface area contributed by atoms with Crippen molar-refractivity contribution >= 4 is 57.2 Å². The number of amides is 1. The van der Waals surface area contributed by atoms with Gasteiger partial charge in [-0.05, 0) is 38.1 Å². The maximum atomic E-state index is 12.3. The lowest BCUT2D eigenvalue weighted by molar-refractivity contribution is -0.115. The summed E-state index contributed by atoms with van der Waals surface area (Å²) in [5.74, 6) is 0.305. The molecule has 3 aromatic rings. The van der Waals surface area contributed by atoms with Crippen molar-refractivity contribution in [3.63, 3.8) is 0 Å². The lowest BCUT2D eigenvalue weighted by Crippen LogP contribution is -2.22. The van der Waals surface area contributed by atoms with Crippen LogP contribution in [-0.2, 0) is 4.79 Å². The number of carbonyl (C=O) groups is 1. The Morgan fingerprint density at radius 2 is 1.96 bits per heavy atom. The molecule has 1 atom stereocenters. The number of nitrogens with zero attached hydrogens (tertiary/aromatic N) is 3. The topological polar surface area (TPSA) is 79.8 Å². The normalized spacial score (nSPS) is 11.8. The Morgan fingerprint density at radius 3 is 2.65 bits per heavy atom. The summed E-state index contributed by atoms with van der Waals surface area (Å²) >= 11 is 8.54. The van der Waals surface area contributed by atoms with E-state index in [1.807, 2.05) is 38.1 Å². The minimum absolute atomic E-state index is 0.159. The molecule has 134 valence electrons. The SMILES string of the molecule is Cc1ccc(Nc2nnc(S[C@@H](C)C(=O)Nc3ccc(Cl)cn3)s2)cc1. The van der Waals surface area contributed by atoms with Crippen LogP contribution in [-0.4, -0.2) is 26.3 Å². The Morgan fingerprint density at radius 1 is 1.19 bits per heavy atom. The predicted molar refractivity (Wildman–Crippen MR) is 108 cm³/mol. The molecular formula is C17H16ClN5OS2. The zero-order valence-corrected chi connectivity index (χ0v) is 16.5. The number of pyridine rings is 1. The molecule has 9 heteroatoms. The van der Waals surface area contributed by atoms with Gasteiger partial charge in [0.15, 0.2) is 4.34 Å². The molecule has 1 amide bonds. The smallest absolute Gasteiger partial charge is 0.238 e. The lowest BCUT2D eigenvalue weighted by atomic mass is 10.2. The summed E-state index contributed by atoms with van der Waals surface area (Å²) in [6.07, 6.45) is 1.49. The average Bonchev–Trinajstić information content (AvgIpc) is 3.06. The molecule has 6 nitrogen and oxygen atoms in total. The van der Waals surface area contributed by atoms with Gasteiger partial charge in [0, 0.05) is 11.9 Å². The number of aromatic nitrogens is 3. The third-order valence-electron chi connectivity index (χ3n) is 3.33. The molecule has 0 aliphatic rings. The molecule has 0 aliphatic carbocycles. The molecule has 0 saturated carbocycles. The number of hydrogen-bond acceptors (Lipinski definition) is 7. The molecule has 0 aliphatic heterocycles. The summed E-state index contributed by atoms with van der Waals surface area (Å²) in [6.45, 7) is 3.85. The quantitative estimate of drug-likeness (QED) is 0.575. The second-order valence-corrected chi connectivity index (χ2v) is 8.48. The highest BCUT2D eigenvalue weighted by atomic mass is 35.5. The average molecular weight is 406 g/mol. The molecular weight excluding hydrogens is 390 g/mol. The van der Waals surface area contributed by atoms with Crippen molar-refractivity contribution in [2.24, 2.45) is 0 Å². The van der Waals surface area contributed by atoms with Crippen LogP contribution >= 0.6 is 34.7 Å². The predicted octanol–water partition coefficient (Wildman–Crippen LogP) is 4.76. The minimum atomic E-state index is -0.340. The Balaban J connectivity index is 1.56. The number of anilines is 3. The van der Waals surface area contributed by atoms with Gasteiger partial charge in [0.1, 0.15) is 5.82 Å². The molecule has 3 rings (SSSR count). The number of aryl methyl sites for hydroxylation is 1. The van der Waals surface area contributed by atoms with Gasteiger partial charge in [-0.25, -0.2) is 4.98 Å². The largest absolute Gasteiger partial charge is 0.330 e. The van der Waals surface area contributed by atoms with Gasteiger partial charge in [-0.1, -0.05) is 52.4 Å². The van der Waals surface area contributed by atoms with E-state index in [1.54, 1.807) is 12.1 Å². The van der Waals surface area contributed by atoms with Crippen LogP contribution in [0.25, 0.3) is 0 Å². The third kappa shape index (κ3) is 5.17. The molecule has 26 heavy (non-hydrogen) atoms. The van der Waals surface area contributed by atoms with Gasteiger partial charge in [0.2, 0.25) is 11.0 Å². The first-order valence-corrected chi connectivity index (χ1v) is 9.83. The first kappa shape index (κ1) is 18.6. The molecule has 0 fully saturated rings. The monoisotopic (exact) mass is 405 g/mol. The lowest BCUT2D eigenvalue weighted by Gasteiger charge is -2.09. The van der Waals surface area contributed by atoms with E-state index in [4.69, 9.17) is 11.6 Å². The van der Waals surface area contributed by atoms with E-state index in [0.717, 1.165) is 5.69 Å². The van der Waals surface area contributed by atoms with Gasteiger partial charge >= 0.3 is 0 Å². The highest BCUT2D eigenvalue weighted by Gasteiger charge is 2.18. The van der Waals surface area contributed by atoms with Gasteiger partial charge in [-0.2, -0.15) is 0 Å². The molecule has 0 bridgehead atoms. The fourth-order valence-electron chi connectivity index (χ4n) is 1.95. The maximum absolute atomic E-state index is 12.3. The zero-order valence-electron chi connectivity index (χ0n) is 14.1. The number of benzene rings is 1. The Bertz CT molecular complexity index is 883. The fourth-order valence-corrected chi connectivity index (χ4v) is 3.98. The van der Waals surface area contributed by atoms with Crippen LogP contribution < -0.4 is 10.6 Å². The molecule has 0 spiro atoms. The highest BCUT2D eigenvalue weighted by molar-refractivity contribution is 8.02. The third-order valence-corrected chi connectivity index (χ3v) is 5.58. The van der Waals surface area contributed by atoms with Gasteiger partial charge in [0.05, 0.1) is 10.3 Å². The standard InChI is InChI=1S/C17H16ClN5OS2/c1-10-3-6-13(7-4-10)20-16-22-23-17(26-16)25-11(2)15(24)21-14-8-5-12(18)9-19-14/h3-9,11H,1-2H3,(H,20,22)(H,19,21,24)/t11-/m0/s1. The van der Waals surface area contributed by atoms with E-state index in [1.165, 1.54) is 34.9 Å². The van der Waals surface area contributed by atoms with E-state index in [0.29, 0.717) is 20.3 Å². The molecule has 2 aromatic heterocycles. The summed E-state index contributed by atoms with van der Waals surface area (Å²) < 4.78 is 0.714. The number of thioether (sulfide) groups is 1. The van der Waals surface area contributed by atoms with Crippen LogP contribution in [0.4, 0.5) is 16.6 Å². The first-order chi connectivity index (χ1) is 12.5. The summed E-state index contributed by atoms with van der Waals surface area (Å²) in [7, 11) is 0. The molecule has 0 saturated heterocycles. The molecule has 0 radical (unpaired) electrons. The van der Waals surface area contributed by atoms with E-state index >= 15 is 0 Å². The van der Waals surface area contributed by atoms with Crippen LogP contribution in [0.3, 0.4) is 0 Å². The number of rotatable bonds is 6. The van der Waals surface area contributed by atoms with Crippen LogP contribution in [0.5, 0.6) is 0 Å². The van der Waals surface area contributed by atoms with Crippen molar-refractivity contribution < 1.29 is 4.79 Å². The highest BCUT2D eigenvalue weighted by Crippen LogP contribution is 2.30. The fraction of sp³-hybridized carbons (Fsp3) is 0.176. The van der Waals surface area contributed by atoms with Crippen LogP contribution in [0.1, 0.15) is 12.5 Å². The second-order valence-electron chi connectivity index (χ2n) is 5.48. The number of halogens is 1. The molecule has 2 heterocycles. The van der Waals surface area contributed by atoms with Crippen LogP contribution in [0, 0.1) is 6.92 Å². The van der Waals surface area contributed by atoms with Crippen molar-refractivity contribution in [3.8, 4) is 0 Å². The van der Waals surface area contributed by atoms with E-state index < -0.39 is 0 Å². The van der Waals surface area contributed by atoms with Crippen molar-refractivity contribution in [3.05, 3.63) is 53.2 Å². The van der Waals surface area contributed by atoms with Crippen molar-refractivity contribution in [1.29, 1.82) is 0 Å². The summed E-state index contributed by atoms with van der Waals surface area (Å²) in [5, 5.41) is 15.1. The van der Waals surface area contributed by atoms with E-state index in [2.05, 4.69) is 25.8 Å². The molecule has 2 N–H and O–H groups in total. The number of carbonyl (C=O) groups excluding carboxylic acids is 1. The Labute approximate surface area is 164 Å². The van der Waals surface area contributed by atoms with Crippen molar-refractivity contribution in [1.82, 2.24) is 15.2 Å². The number of nitrogens with one attached hydrogen (secondary N) is 2. The molecule has 1 aromatic carbocycles. The Hall–Kier alpha value is -2.16. The summed E-state index contributed by atoms with van der Waals surface area (Å²) in [5.41, 5.74) is 2.14. The summed E-state index contributed by atoms with van der Waals surface area (Å²) in [6, 6.07) is 11.4. The van der Waals surface area contributed by atoms with E-state index in [-0.39, 0.29) is 11.2 Å². The van der Waals surface area contributed by atoms with Crippen molar-refractivity contribution in [2.45, 2.75) is 23.4 Å². The Kier molecular flexibility index (Phi) is 6.08. The first-order valence-electron chi connectivity index (χ1n) is 7.76. The van der Waals surface area contributed by atoms with Gasteiger partial charge in [-0.3, -0.25) is 4.79 Å². The van der Waals surface area contributed by atoms with E-state index in [9.17, 15) is 4.79 Å². The number of hydrogen-bond donors (Lipinski definition) is 2. The van der Waals surface area contributed by atoms with Crippen LogP contribution in [0.2, 0.25) is 5.02 Å². The maximum Gasteiger partial charge on any atom is 0.238 e. The minimum Gasteiger partial charge on any atom is -0.330 e. The summed E-state index contributed by atoms with van der Waals surface area (Å²) in [4.78, 5) is 16.3. The van der Waals surface area contributed by atoms with Gasteiger partial charge in [-0.15, -0.1) is 10.2 Å². The van der Waals surface area contributed by atoms with Gasteiger partial charge < -0.3 is 10.6 Å². The van der Waals surface area contributed by atoms with Crippen molar-refractivity contribution in [2.75, 3.05) is 10.6 Å². The van der Waals surface area contributed by atoms with Crippen LogP contribution in [0.15, 0.2) is 46.9 Å². The zero-order chi connectivity index (χ0) is 18.5. The second kappa shape index (κ2) is 8.48. The molecule has 0 unspecified atom stereocenters.